The highest BCUT2D eigenvalue weighted by molar-refractivity contribution is 5.90. The minimum atomic E-state index is -0.557. The molecule has 26 heavy (non-hydrogen) atoms. The largest absolute Gasteiger partial charge is 0.442 e. The standard InChI is InChI=1S/C18H24FN3O4/c1-12(24)20-9-15-10-22(18(25)26-15)13-5-6-17(16(19)8-13)21-7-3-2-4-14(21)11-23/h5-6,8,14-15,23H,2-4,7,9-11H2,1H3,(H,20,24). The highest BCUT2D eigenvalue weighted by Gasteiger charge is 2.33. The van der Waals surface area contributed by atoms with E-state index in [9.17, 15) is 19.1 Å². The van der Waals surface area contributed by atoms with E-state index in [-0.39, 0.29) is 31.6 Å². The van der Waals surface area contributed by atoms with Crippen molar-refractivity contribution in [2.24, 2.45) is 0 Å². The van der Waals surface area contributed by atoms with Crippen LogP contribution in [-0.2, 0) is 9.53 Å². The highest BCUT2D eigenvalue weighted by Crippen LogP contribution is 2.31. The van der Waals surface area contributed by atoms with Gasteiger partial charge in [-0.1, -0.05) is 0 Å². The lowest BCUT2D eigenvalue weighted by molar-refractivity contribution is -0.119. The van der Waals surface area contributed by atoms with Gasteiger partial charge < -0.3 is 20.1 Å². The predicted molar refractivity (Wildman–Crippen MR) is 94.8 cm³/mol. The van der Waals surface area contributed by atoms with Gasteiger partial charge >= 0.3 is 6.09 Å². The maximum atomic E-state index is 14.7. The molecule has 8 heteroatoms. The number of carbonyl (C=O) groups excluding carboxylic acids is 2. The first-order valence-electron chi connectivity index (χ1n) is 8.89. The second-order valence-electron chi connectivity index (χ2n) is 6.71. The number of anilines is 2. The van der Waals surface area contributed by atoms with Gasteiger partial charge in [0.15, 0.2) is 0 Å². The Morgan fingerprint density at radius 1 is 1.42 bits per heavy atom. The molecule has 2 aliphatic heterocycles. The van der Waals surface area contributed by atoms with Gasteiger partial charge in [-0.2, -0.15) is 0 Å². The Labute approximate surface area is 151 Å². The third-order valence-corrected chi connectivity index (χ3v) is 4.84. The zero-order chi connectivity index (χ0) is 18.7. The van der Waals surface area contributed by atoms with Crippen molar-refractivity contribution >= 4 is 23.4 Å². The van der Waals surface area contributed by atoms with Crippen LogP contribution in [0.1, 0.15) is 26.2 Å². The molecule has 3 rings (SSSR count). The number of aliphatic hydroxyl groups excluding tert-OH is 1. The quantitative estimate of drug-likeness (QED) is 0.829. The van der Waals surface area contributed by atoms with E-state index >= 15 is 0 Å². The van der Waals surface area contributed by atoms with E-state index in [1.807, 2.05) is 4.90 Å². The number of hydrogen-bond donors (Lipinski definition) is 2. The van der Waals surface area contributed by atoms with Crippen molar-refractivity contribution in [1.29, 1.82) is 0 Å². The summed E-state index contributed by atoms with van der Waals surface area (Å²) in [5.74, 6) is -0.629. The third-order valence-electron chi connectivity index (χ3n) is 4.84. The summed E-state index contributed by atoms with van der Waals surface area (Å²) in [6.07, 6.45) is 1.80. The molecule has 2 atom stereocenters. The molecule has 7 nitrogen and oxygen atoms in total. The molecule has 2 unspecified atom stereocenters. The molecule has 0 aromatic heterocycles. The Kier molecular flexibility index (Phi) is 5.61. The van der Waals surface area contributed by atoms with Crippen molar-refractivity contribution in [2.45, 2.75) is 38.3 Å². The van der Waals surface area contributed by atoms with Crippen LogP contribution in [0.5, 0.6) is 0 Å². The summed E-state index contributed by atoms with van der Waals surface area (Å²) in [7, 11) is 0. The van der Waals surface area contributed by atoms with E-state index in [4.69, 9.17) is 4.74 Å². The summed E-state index contributed by atoms with van der Waals surface area (Å²) in [6.45, 7) is 2.56. The van der Waals surface area contributed by atoms with Gasteiger partial charge in [-0.05, 0) is 37.5 Å². The molecular formula is C18H24FN3O4. The first-order valence-corrected chi connectivity index (χ1v) is 8.89. The second kappa shape index (κ2) is 7.90. The van der Waals surface area contributed by atoms with Crippen LogP contribution < -0.4 is 15.1 Å². The number of rotatable bonds is 5. The number of nitrogens with zero attached hydrogens (tertiary/aromatic N) is 2. The van der Waals surface area contributed by atoms with E-state index in [0.29, 0.717) is 17.9 Å². The summed E-state index contributed by atoms with van der Waals surface area (Å²) in [6, 6.07) is 4.57. The van der Waals surface area contributed by atoms with E-state index in [1.54, 1.807) is 12.1 Å². The molecule has 142 valence electrons. The molecule has 2 fully saturated rings. The first kappa shape index (κ1) is 18.4. The smallest absolute Gasteiger partial charge is 0.414 e. The zero-order valence-electron chi connectivity index (χ0n) is 14.8. The van der Waals surface area contributed by atoms with Crippen LogP contribution >= 0.6 is 0 Å². The number of aliphatic hydroxyl groups is 1. The van der Waals surface area contributed by atoms with E-state index < -0.39 is 18.0 Å². The molecule has 2 N–H and O–H groups in total. The van der Waals surface area contributed by atoms with Crippen molar-refractivity contribution in [2.75, 3.05) is 36.0 Å². The predicted octanol–water partition coefficient (Wildman–Crippen LogP) is 1.64. The van der Waals surface area contributed by atoms with Crippen LogP contribution in [0.2, 0.25) is 0 Å². The molecule has 2 heterocycles. The van der Waals surface area contributed by atoms with Gasteiger partial charge in [-0.25, -0.2) is 9.18 Å². The monoisotopic (exact) mass is 365 g/mol. The molecular weight excluding hydrogens is 341 g/mol. The summed E-state index contributed by atoms with van der Waals surface area (Å²) in [4.78, 5) is 26.3. The van der Waals surface area contributed by atoms with Crippen molar-refractivity contribution < 1.29 is 23.8 Å². The number of nitrogens with one attached hydrogen (secondary N) is 1. The van der Waals surface area contributed by atoms with Crippen LogP contribution in [0.15, 0.2) is 18.2 Å². The van der Waals surface area contributed by atoms with Crippen LogP contribution in [-0.4, -0.2) is 55.5 Å². The maximum Gasteiger partial charge on any atom is 0.414 e. The molecule has 2 saturated heterocycles. The average molecular weight is 365 g/mol. The fraction of sp³-hybridized carbons (Fsp3) is 0.556. The van der Waals surface area contributed by atoms with Gasteiger partial charge in [0.1, 0.15) is 11.9 Å². The third kappa shape index (κ3) is 3.90. The number of ether oxygens (including phenoxy) is 1. The van der Waals surface area contributed by atoms with Crippen molar-refractivity contribution in [3.05, 3.63) is 24.0 Å². The fourth-order valence-corrected chi connectivity index (χ4v) is 3.50. The molecule has 0 spiro atoms. The van der Waals surface area contributed by atoms with E-state index in [1.165, 1.54) is 17.9 Å². The number of benzene rings is 1. The molecule has 1 aromatic carbocycles. The van der Waals surface area contributed by atoms with Gasteiger partial charge in [-0.3, -0.25) is 9.69 Å². The minimum Gasteiger partial charge on any atom is -0.442 e. The zero-order valence-corrected chi connectivity index (χ0v) is 14.8. The summed E-state index contributed by atoms with van der Waals surface area (Å²) >= 11 is 0. The van der Waals surface area contributed by atoms with E-state index in [0.717, 1.165) is 19.3 Å². The first-order chi connectivity index (χ1) is 12.5. The van der Waals surface area contributed by atoms with Crippen LogP contribution in [0, 0.1) is 5.82 Å². The Bertz CT molecular complexity index is 684. The lowest BCUT2D eigenvalue weighted by Crippen LogP contribution is -2.42. The molecule has 2 amide bonds. The lowest BCUT2D eigenvalue weighted by atomic mass is 10.0. The van der Waals surface area contributed by atoms with E-state index in [2.05, 4.69) is 5.32 Å². The summed E-state index contributed by atoms with van der Waals surface area (Å²) in [5, 5.41) is 12.1. The average Bonchev–Trinajstić information content (AvgIpc) is 3.00. The number of hydrogen-bond acceptors (Lipinski definition) is 5. The highest BCUT2D eigenvalue weighted by atomic mass is 19.1. The Morgan fingerprint density at radius 2 is 2.23 bits per heavy atom. The van der Waals surface area contributed by atoms with Gasteiger partial charge in [0.05, 0.1) is 37.1 Å². The summed E-state index contributed by atoms with van der Waals surface area (Å²) < 4.78 is 19.9. The van der Waals surface area contributed by atoms with Gasteiger partial charge in [-0.15, -0.1) is 0 Å². The molecule has 2 aliphatic rings. The minimum absolute atomic E-state index is 0.00945. The van der Waals surface area contributed by atoms with Gasteiger partial charge in [0.25, 0.3) is 0 Å². The Morgan fingerprint density at radius 3 is 2.92 bits per heavy atom. The van der Waals surface area contributed by atoms with Gasteiger partial charge in [0, 0.05) is 13.5 Å². The molecule has 0 bridgehead atoms. The van der Waals surface area contributed by atoms with Crippen LogP contribution in [0.4, 0.5) is 20.6 Å². The van der Waals surface area contributed by atoms with Crippen molar-refractivity contribution in [3.63, 3.8) is 0 Å². The molecule has 0 radical (unpaired) electrons. The molecule has 0 saturated carbocycles. The number of carbonyl (C=O) groups is 2. The lowest BCUT2D eigenvalue weighted by Gasteiger charge is -2.36. The maximum absolute atomic E-state index is 14.7. The number of piperidine rings is 1. The molecule has 0 aliphatic carbocycles. The fourth-order valence-electron chi connectivity index (χ4n) is 3.50. The van der Waals surface area contributed by atoms with Crippen molar-refractivity contribution in [1.82, 2.24) is 5.32 Å². The van der Waals surface area contributed by atoms with Crippen molar-refractivity contribution in [3.8, 4) is 0 Å². The van der Waals surface area contributed by atoms with Crippen LogP contribution in [0.3, 0.4) is 0 Å². The second-order valence-corrected chi connectivity index (χ2v) is 6.71. The van der Waals surface area contributed by atoms with Crippen LogP contribution in [0.25, 0.3) is 0 Å². The molecule has 1 aromatic rings. The number of halogens is 1. The number of cyclic esters (lactones) is 1. The number of amides is 2. The summed E-state index contributed by atoms with van der Waals surface area (Å²) in [5.41, 5.74) is 0.856. The Balaban J connectivity index is 1.73. The SMILES string of the molecule is CC(=O)NCC1CN(c2ccc(N3CCCCC3CO)c(F)c2)C(=O)O1. The topological polar surface area (TPSA) is 82.1 Å². The van der Waals surface area contributed by atoms with Gasteiger partial charge in [0.2, 0.25) is 5.91 Å². The normalized spacial score (nSPS) is 23.1. The Hall–Kier alpha value is -2.35.